The minimum absolute atomic E-state index is 0.0250. The largest absolute Gasteiger partial charge is 0.360 e. The molecule has 2 aromatic carbocycles. The first-order valence-electron chi connectivity index (χ1n) is 11.6. The van der Waals surface area contributed by atoms with Crippen molar-refractivity contribution in [2.75, 3.05) is 18.0 Å². The van der Waals surface area contributed by atoms with Gasteiger partial charge >= 0.3 is 0 Å². The lowest BCUT2D eigenvalue weighted by Crippen LogP contribution is -2.55. The van der Waals surface area contributed by atoms with Gasteiger partial charge in [0.25, 0.3) is 5.91 Å². The summed E-state index contributed by atoms with van der Waals surface area (Å²) in [5, 5.41) is 0.912. The highest BCUT2D eigenvalue weighted by Crippen LogP contribution is 2.40. The van der Waals surface area contributed by atoms with Crippen LogP contribution in [0.2, 0.25) is 5.02 Å². The van der Waals surface area contributed by atoms with Crippen molar-refractivity contribution in [1.82, 2.24) is 14.6 Å². The number of nitrogens with one attached hydrogen (secondary N) is 2. The van der Waals surface area contributed by atoms with Crippen LogP contribution in [0, 0.1) is 5.82 Å². The Balaban J connectivity index is 1.48. The van der Waals surface area contributed by atoms with Crippen molar-refractivity contribution < 1.29 is 17.6 Å². The van der Waals surface area contributed by atoms with Crippen molar-refractivity contribution in [3.8, 4) is 0 Å². The van der Waals surface area contributed by atoms with Gasteiger partial charge in [-0.2, -0.15) is 0 Å². The Kier molecular flexibility index (Phi) is 5.85. The van der Waals surface area contributed by atoms with Gasteiger partial charge in [0.1, 0.15) is 5.82 Å². The van der Waals surface area contributed by atoms with Gasteiger partial charge in [-0.05, 0) is 70.0 Å². The summed E-state index contributed by atoms with van der Waals surface area (Å²) in [5.74, 6) is -0.704. The third kappa shape index (κ3) is 4.52. The monoisotopic (exact) mass is 518 g/mol. The third-order valence-electron chi connectivity index (χ3n) is 6.57. The first-order valence-corrected chi connectivity index (χ1v) is 13.5. The number of hydrogen-bond donors (Lipinski definition) is 2. The van der Waals surface area contributed by atoms with Gasteiger partial charge in [-0.1, -0.05) is 11.6 Å². The maximum Gasteiger partial charge on any atom is 0.255 e. The molecule has 2 bridgehead atoms. The molecule has 35 heavy (non-hydrogen) atoms. The van der Waals surface area contributed by atoms with E-state index in [1.807, 2.05) is 26.8 Å². The van der Waals surface area contributed by atoms with E-state index in [9.17, 15) is 17.6 Å². The number of carbonyl (C=O) groups is 1. The average Bonchev–Trinajstić information content (AvgIpc) is 3.32. The molecular formula is C25H28ClFN4O3S. The Morgan fingerprint density at radius 1 is 1.11 bits per heavy atom. The maximum absolute atomic E-state index is 13.5. The van der Waals surface area contributed by atoms with E-state index in [2.05, 4.69) is 14.6 Å². The summed E-state index contributed by atoms with van der Waals surface area (Å²) >= 11 is 6.15. The van der Waals surface area contributed by atoms with E-state index in [4.69, 9.17) is 11.6 Å². The molecule has 3 heterocycles. The van der Waals surface area contributed by atoms with E-state index in [0.717, 1.165) is 35.5 Å². The molecule has 186 valence electrons. The van der Waals surface area contributed by atoms with Gasteiger partial charge in [-0.3, -0.25) is 4.79 Å². The average molecular weight is 519 g/mol. The molecular weight excluding hydrogens is 491 g/mol. The van der Waals surface area contributed by atoms with Crippen molar-refractivity contribution in [3.05, 3.63) is 59.0 Å². The number of piperazine rings is 1. The maximum atomic E-state index is 13.5. The molecule has 7 nitrogen and oxygen atoms in total. The van der Waals surface area contributed by atoms with Gasteiger partial charge in [0.15, 0.2) is 0 Å². The Bertz CT molecular complexity index is 1400. The van der Waals surface area contributed by atoms with Crippen LogP contribution in [0.15, 0.2) is 47.5 Å². The van der Waals surface area contributed by atoms with E-state index in [0.29, 0.717) is 13.1 Å². The normalized spacial score (nSPS) is 20.6. The van der Waals surface area contributed by atoms with Crippen LogP contribution in [0.5, 0.6) is 0 Å². The van der Waals surface area contributed by atoms with Crippen LogP contribution in [0.3, 0.4) is 0 Å². The van der Waals surface area contributed by atoms with Gasteiger partial charge in [-0.25, -0.2) is 17.5 Å². The molecule has 0 aliphatic carbocycles. The minimum atomic E-state index is -3.73. The number of fused-ring (bicyclic) bond motifs is 3. The molecule has 0 spiro atoms. The minimum Gasteiger partial charge on any atom is -0.360 e. The second-order valence-electron chi connectivity index (χ2n) is 10.4. The third-order valence-corrected chi connectivity index (χ3v) is 8.62. The molecule has 5 rings (SSSR count). The Labute approximate surface area is 209 Å². The summed E-state index contributed by atoms with van der Waals surface area (Å²) in [7, 11) is -3.73. The fourth-order valence-electron chi connectivity index (χ4n) is 5.24. The van der Waals surface area contributed by atoms with E-state index in [1.54, 1.807) is 23.2 Å². The number of aromatic amines is 1. The number of nitrogens with zero attached hydrogens (tertiary/aromatic N) is 2. The Morgan fingerprint density at radius 3 is 2.43 bits per heavy atom. The number of benzene rings is 2. The number of aromatic nitrogens is 1. The fraction of sp³-hybridized carbons (Fsp3) is 0.400. The van der Waals surface area contributed by atoms with Crippen LogP contribution < -0.4 is 9.62 Å². The number of amides is 1. The number of carbonyl (C=O) groups excluding carboxylic acids is 1. The number of halogens is 2. The van der Waals surface area contributed by atoms with Crippen LogP contribution in [-0.4, -0.2) is 54.9 Å². The fourth-order valence-corrected chi connectivity index (χ4v) is 6.96. The molecule has 2 aliphatic heterocycles. The molecule has 0 unspecified atom stereocenters. The van der Waals surface area contributed by atoms with Crippen molar-refractivity contribution in [2.45, 2.75) is 56.1 Å². The number of rotatable bonds is 4. The first-order chi connectivity index (χ1) is 16.4. The van der Waals surface area contributed by atoms with Gasteiger partial charge < -0.3 is 14.8 Å². The van der Waals surface area contributed by atoms with Crippen molar-refractivity contribution in [3.63, 3.8) is 0 Å². The quantitative estimate of drug-likeness (QED) is 0.531. The van der Waals surface area contributed by atoms with Crippen molar-refractivity contribution in [2.24, 2.45) is 0 Å². The van der Waals surface area contributed by atoms with Gasteiger partial charge in [0.05, 0.1) is 26.7 Å². The van der Waals surface area contributed by atoms with Crippen molar-refractivity contribution >= 4 is 44.1 Å². The summed E-state index contributed by atoms with van der Waals surface area (Å²) in [4.78, 5) is 20.7. The lowest BCUT2D eigenvalue weighted by atomic mass is 10.1. The van der Waals surface area contributed by atoms with E-state index in [1.165, 1.54) is 12.1 Å². The molecule has 0 saturated carbocycles. The smallest absolute Gasteiger partial charge is 0.255 e. The predicted octanol–water partition coefficient (Wildman–Crippen LogP) is 4.53. The highest BCUT2D eigenvalue weighted by molar-refractivity contribution is 7.89. The van der Waals surface area contributed by atoms with Crippen LogP contribution in [0.25, 0.3) is 10.9 Å². The lowest BCUT2D eigenvalue weighted by molar-refractivity contribution is 0.0718. The number of likely N-dealkylation sites (tertiary alicyclic amines) is 1. The van der Waals surface area contributed by atoms with Crippen LogP contribution in [-0.2, 0) is 10.0 Å². The molecule has 2 saturated heterocycles. The molecule has 3 aromatic rings. The van der Waals surface area contributed by atoms with Gasteiger partial charge in [0.2, 0.25) is 10.0 Å². The topological polar surface area (TPSA) is 85.5 Å². The molecule has 2 aliphatic rings. The number of sulfonamides is 1. The van der Waals surface area contributed by atoms with Crippen LogP contribution in [0.1, 0.15) is 44.0 Å². The van der Waals surface area contributed by atoms with Crippen molar-refractivity contribution in [1.29, 1.82) is 0 Å². The van der Waals surface area contributed by atoms with Crippen LogP contribution >= 0.6 is 11.6 Å². The van der Waals surface area contributed by atoms with Crippen LogP contribution in [0.4, 0.5) is 10.1 Å². The molecule has 0 radical (unpaired) electrons. The first kappa shape index (κ1) is 24.1. The summed E-state index contributed by atoms with van der Waals surface area (Å²) in [6.07, 6.45) is 3.57. The molecule has 2 N–H and O–H groups in total. The van der Waals surface area contributed by atoms with Gasteiger partial charge in [-0.15, -0.1) is 0 Å². The lowest BCUT2D eigenvalue weighted by Gasteiger charge is -2.43. The molecule has 1 aromatic heterocycles. The second kappa shape index (κ2) is 8.50. The predicted molar refractivity (Wildman–Crippen MR) is 135 cm³/mol. The van der Waals surface area contributed by atoms with E-state index >= 15 is 0 Å². The molecule has 10 heteroatoms. The number of H-pyrrole nitrogens is 1. The molecule has 1 amide bonds. The van der Waals surface area contributed by atoms with Gasteiger partial charge in [0, 0.05) is 42.3 Å². The summed E-state index contributed by atoms with van der Waals surface area (Å²) in [6, 6.07) is 9.14. The number of anilines is 1. The zero-order chi connectivity index (χ0) is 25.1. The standard InChI is InChI=1S/C25H28ClFN4O3S/c1-25(2,3)29-35(33,34)19-10-15-8-9-28-23(15)22(12-19)31-17-5-6-18(31)14-30(13-17)24(32)20-7-4-16(27)11-21(20)26/h4,7-12,17-18,28-29H,5-6,13-14H2,1-3H3/t17-,18+. The molecule has 2 atom stereocenters. The zero-order valence-electron chi connectivity index (χ0n) is 19.8. The highest BCUT2D eigenvalue weighted by Gasteiger charge is 2.43. The summed E-state index contributed by atoms with van der Waals surface area (Å²) in [6.45, 7) is 6.38. The SMILES string of the molecule is CC(C)(C)NS(=O)(=O)c1cc(N2[C@@H]3CC[C@H]2CN(C(=O)c2ccc(F)cc2Cl)C3)c2[nH]ccc2c1. The van der Waals surface area contributed by atoms with E-state index in [-0.39, 0.29) is 33.5 Å². The Hall–Kier alpha value is -2.62. The van der Waals surface area contributed by atoms with E-state index < -0.39 is 21.4 Å². The zero-order valence-corrected chi connectivity index (χ0v) is 21.4. The second-order valence-corrected chi connectivity index (χ2v) is 12.5. The number of hydrogen-bond acceptors (Lipinski definition) is 4. The summed E-state index contributed by atoms with van der Waals surface area (Å²) in [5.41, 5.74) is 1.37. The summed E-state index contributed by atoms with van der Waals surface area (Å²) < 4.78 is 42.5. The highest BCUT2D eigenvalue weighted by atomic mass is 35.5. The Morgan fingerprint density at radius 2 is 1.80 bits per heavy atom. The molecule has 2 fully saturated rings.